The molecule has 0 bridgehead atoms. The van der Waals surface area contributed by atoms with Crippen molar-refractivity contribution in [3.8, 4) is 0 Å². The third kappa shape index (κ3) is 7.10. The molecule has 0 aliphatic heterocycles. The van der Waals surface area contributed by atoms with Crippen molar-refractivity contribution in [3.05, 3.63) is 71.9 Å². The lowest BCUT2D eigenvalue weighted by Gasteiger charge is -2.18. The van der Waals surface area contributed by atoms with E-state index in [9.17, 15) is 14.4 Å². The molecular formula is C25H30N4O4. The Labute approximate surface area is 193 Å². The number of rotatable bonds is 10. The Morgan fingerprint density at radius 1 is 0.909 bits per heavy atom. The number of para-hydroxylation sites is 1. The van der Waals surface area contributed by atoms with Gasteiger partial charge in [-0.1, -0.05) is 62.4 Å². The lowest BCUT2D eigenvalue weighted by atomic mass is 10.0. The normalized spacial score (nSPS) is 11.7. The molecule has 0 radical (unpaired) electrons. The molecule has 0 fully saturated rings. The first kappa shape index (κ1) is 23.8. The molecule has 3 aromatic rings. The van der Waals surface area contributed by atoms with Crippen LogP contribution < -0.4 is 16.0 Å². The van der Waals surface area contributed by atoms with E-state index in [1.165, 1.54) is 0 Å². The number of carbonyl (C=O) groups excluding carboxylic acids is 3. The lowest BCUT2D eigenvalue weighted by Crippen LogP contribution is -2.49. The molecule has 0 aliphatic carbocycles. The number of nitrogens with one attached hydrogen (secondary N) is 4. The number of amides is 3. The maximum Gasteiger partial charge on any atom is 0.408 e. The summed E-state index contributed by atoms with van der Waals surface area (Å²) >= 11 is 0. The zero-order valence-electron chi connectivity index (χ0n) is 18.9. The van der Waals surface area contributed by atoms with Gasteiger partial charge >= 0.3 is 6.09 Å². The molecule has 1 aromatic heterocycles. The summed E-state index contributed by atoms with van der Waals surface area (Å²) in [6.07, 6.45) is 1.45. The summed E-state index contributed by atoms with van der Waals surface area (Å²) in [5, 5.41) is 9.21. The highest BCUT2D eigenvalue weighted by Gasteiger charge is 2.23. The maximum atomic E-state index is 12.9. The Morgan fingerprint density at radius 3 is 2.30 bits per heavy atom. The van der Waals surface area contributed by atoms with Crippen LogP contribution in [0.15, 0.2) is 60.8 Å². The Bertz CT molecular complexity index is 1080. The number of aromatic nitrogens is 1. The van der Waals surface area contributed by atoms with Gasteiger partial charge in [-0.3, -0.25) is 9.59 Å². The standard InChI is InChI=1S/C25H30N4O4/c1-17(2)23(30)26-12-13-27-24(31)22(14-19-15-28-21-11-7-6-10-20(19)21)29-25(32)33-16-18-8-4-3-5-9-18/h3-11,15,17,22,28H,12-14,16H2,1-2H3,(H,26,30)(H,27,31)(H,29,32)/t22-/m0/s1. The van der Waals surface area contributed by atoms with Crippen molar-refractivity contribution in [1.82, 2.24) is 20.9 Å². The molecule has 2 aromatic carbocycles. The average molecular weight is 451 g/mol. The van der Waals surface area contributed by atoms with Crippen molar-refractivity contribution in [1.29, 1.82) is 0 Å². The first-order chi connectivity index (χ1) is 15.9. The van der Waals surface area contributed by atoms with Crippen LogP contribution in [-0.2, 0) is 27.4 Å². The van der Waals surface area contributed by atoms with E-state index in [0.29, 0.717) is 6.54 Å². The molecule has 0 saturated carbocycles. The van der Waals surface area contributed by atoms with E-state index in [1.54, 1.807) is 13.8 Å². The summed E-state index contributed by atoms with van der Waals surface area (Å²) < 4.78 is 5.30. The molecule has 174 valence electrons. The smallest absolute Gasteiger partial charge is 0.408 e. The molecular weight excluding hydrogens is 420 g/mol. The SMILES string of the molecule is CC(C)C(=O)NCCNC(=O)[C@H](Cc1c[nH]c2ccccc12)NC(=O)OCc1ccccc1. The topological polar surface area (TPSA) is 112 Å². The van der Waals surface area contributed by atoms with E-state index in [2.05, 4.69) is 20.9 Å². The number of hydrogen-bond acceptors (Lipinski definition) is 4. The van der Waals surface area contributed by atoms with Crippen molar-refractivity contribution in [2.75, 3.05) is 13.1 Å². The van der Waals surface area contributed by atoms with E-state index in [-0.39, 0.29) is 37.3 Å². The highest BCUT2D eigenvalue weighted by molar-refractivity contribution is 5.88. The fraction of sp³-hybridized carbons (Fsp3) is 0.320. The van der Waals surface area contributed by atoms with Crippen LogP contribution in [0.5, 0.6) is 0 Å². The minimum absolute atomic E-state index is 0.0813. The Balaban J connectivity index is 1.62. The predicted molar refractivity (Wildman–Crippen MR) is 126 cm³/mol. The van der Waals surface area contributed by atoms with Gasteiger partial charge in [0, 0.05) is 42.5 Å². The predicted octanol–water partition coefficient (Wildman–Crippen LogP) is 2.89. The summed E-state index contributed by atoms with van der Waals surface area (Å²) in [5.41, 5.74) is 2.71. The second-order valence-electron chi connectivity index (χ2n) is 8.06. The molecule has 8 nitrogen and oxygen atoms in total. The van der Waals surface area contributed by atoms with Gasteiger partial charge in [0.1, 0.15) is 12.6 Å². The van der Waals surface area contributed by atoms with Gasteiger partial charge in [0.2, 0.25) is 11.8 Å². The first-order valence-electron chi connectivity index (χ1n) is 11.0. The monoisotopic (exact) mass is 450 g/mol. The van der Waals surface area contributed by atoms with Crippen LogP contribution in [0, 0.1) is 5.92 Å². The third-order valence-corrected chi connectivity index (χ3v) is 5.17. The van der Waals surface area contributed by atoms with E-state index in [1.807, 2.05) is 60.8 Å². The number of fused-ring (bicyclic) bond motifs is 1. The van der Waals surface area contributed by atoms with Gasteiger partial charge < -0.3 is 25.7 Å². The number of ether oxygens (including phenoxy) is 1. The first-order valence-corrected chi connectivity index (χ1v) is 11.0. The summed E-state index contributed by atoms with van der Waals surface area (Å²) in [4.78, 5) is 40.2. The van der Waals surface area contributed by atoms with Crippen molar-refractivity contribution in [3.63, 3.8) is 0 Å². The number of alkyl carbamates (subject to hydrolysis) is 1. The minimum Gasteiger partial charge on any atom is -0.445 e. The molecule has 3 amide bonds. The van der Waals surface area contributed by atoms with Crippen LogP contribution in [0.2, 0.25) is 0 Å². The Hall–Kier alpha value is -3.81. The van der Waals surface area contributed by atoms with Crippen molar-refractivity contribution >= 4 is 28.8 Å². The Kier molecular flexibility index (Phi) is 8.46. The van der Waals surface area contributed by atoms with Crippen LogP contribution in [0.25, 0.3) is 10.9 Å². The molecule has 3 rings (SSSR count). The van der Waals surface area contributed by atoms with Crippen LogP contribution >= 0.6 is 0 Å². The average Bonchev–Trinajstić information content (AvgIpc) is 3.23. The van der Waals surface area contributed by atoms with Crippen molar-refractivity contribution < 1.29 is 19.1 Å². The molecule has 0 aliphatic rings. The highest BCUT2D eigenvalue weighted by Crippen LogP contribution is 2.19. The van der Waals surface area contributed by atoms with Crippen LogP contribution in [0.3, 0.4) is 0 Å². The molecule has 1 atom stereocenters. The molecule has 0 spiro atoms. The molecule has 33 heavy (non-hydrogen) atoms. The summed E-state index contributed by atoms with van der Waals surface area (Å²) in [5.74, 6) is -0.561. The van der Waals surface area contributed by atoms with Crippen LogP contribution in [0.4, 0.5) is 4.79 Å². The van der Waals surface area contributed by atoms with Gasteiger partial charge in [-0.05, 0) is 17.2 Å². The van der Waals surface area contributed by atoms with Crippen molar-refractivity contribution in [2.45, 2.75) is 32.9 Å². The molecule has 4 N–H and O–H groups in total. The number of hydrogen-bond donors (Lipinski definition) is 4. The number of benzene rings is 2. The fourth-order valence-corrected chi connectivity index (χ4v) is 3.34. The zero-order valence-corrected chi connectivity index (χ0v) is 18.9. The highest BCUT2D eigenvalue weighted by atomic mass is 16.5. The second kappa shape index (κ2) is 11.7. The van der Waals surface area contributed by atoms with Gasteiger partial charge in [0.25, 0.3) is 0 Å². The number of H-pyrrole nitrogens is 1. The lowest BCUT2D eigenvalue weighted by molar-refractivity contribution is -0.125. The van der Waals surface area contributed by atoms with E-state index >= 15 is 0 Å². The van der Waals surface area contributed by atoms with Gasteiger partial charge in [0.05, 0.1) is 0 Å². The number of carbonyl (C=O) groups is 3. The minimum atomic E-state index is -0.840. The molecule has 0 unspecified atom stereocenters. The van der Waals surface area contributed by atoms with Gasteiger partial charge in [0.15, 0.2) is 0 Å². The summed E-state index contributed by atoms with van der Waals surface area (Å²) in [6.45, 7) is 4.27. The maximum absolute atomic E-state index is 12.9. The van der Waals surface area contributed by atoms with Gasteiger partial charge in [-0.25, -0.2) is 4.79 Å². The van der Waals surface area contributed by atoms with Gasteiger partial charge in [-0.2, -0.15) is 0 Å². The van der Waals surface area contributed by atoms with Crippen molar-refractivity contribution in [2.24, 2.45) is 5.92 Å². The second-order valence-corrected chi connectivity index (χ2v) is 8.06. The van der Waals surface area contributed by atoms with E-state index < -0.39 is 12.1 Å². The zero-order chi connectivity index (χ0) is 23.6. The quantitative estimate of drug-likeness (QED) is 0.356. The van der Waals surface area contributed by atoms with E-state index in [0.717, 1.165) is 22.0 Å². The summed E-state index contributed by atoms with van der Waals surface area (Å²) in [6, 6.07) is 16.2. The van der Waals surface area contributed by atoms with Crippen LogP contribution in [0.1, 0.15) is 25.0 Å². The molecule has 0 saturated heterocycles. The Morgan fingerprint density at radius 2 is 1.58 bits per heavy atom. The number of aromatic amines is 1. The third-order valence-electron chi connectivity index (χ3n) is 5.17. The largest absolute Gasteiger partial charge is 0.445 e. The van der Waals surface area contributed by atoms with E-state index in [4.69, 9.17) is 4.74 Å². The molecule has 1 heterocycles. The molecule has 8 heteroatoms. The fourth-order valence-electron chi connectivity index (χ4n) is 3.34. The summed E-state index contributed by atoms with van der Waals surface area (Å²) in [7, 11) is 0. The van der Waals surface area contributed by atoms with Crippen LogP contribution in [-0.4, -0.2) is 42.0 Å². The van der Waals surface area contributed by atoms with Gasteiger partial charge in [-0.15, -0.1) is 0 Å².